The number of benzene rings is 1. The molecule has 2 aromatic heterocycles. The summed E-state index contributed by atoms with van der Waals surface area (Å²) in [6.07, 6.45) is 0. The van der Waals surface area contributed by atoms with Crippen LogP contribution in [0.4, 0.5) is 11.7 Å². The fourth-order valence-electron chi connectivity index (χ4n) is 1.94. The molecule has 19 heavy (non-hydrogen) atoms. The molecule has 3 N–H and O–H groups in total. The first-order valence-electron chi connectivity index (χ1n) is 6.08. The van der Waals surface area contributed by atoms with Crippen LogP contribution in [0.5, 0.6) is 0 Å². The minimum atomic E-state index is 0.511. The molecule has 0 aliphatic carbocycles. The summed E-state index contributed by atoms with van der Waals surface area (Å²) in [5.41, 5.74) is 9.23. The predicted molar refractivity (Wildman–Crippen MR) is 79.5 cm³/mol. The fraction of sp³-hybridized carbons (Fsp3) is 0.214. The number of oxazole rings is 1. The van der Waals surface area contributed by atoms with Gasteiger partial charge in [-0.1, -0.05) is 6.07 Å². The van der Waals surface area contributed by atoms with E-state index in [-0.39, 0.29) is 0 Å². The maximum Gasteiger partial charge on any atom is 0.296 e. The van der Waals surface area contributed by atoms with Crippen LogP contribution in [0.15, 0.2) is 28.7 Å². The number of nitrogens with two attached hydrogens (primary N) is 1. The van der Waals surface area contributed by atoms with Crippen molar-refractivity contribution in [3.8, 4) is 0 Å². The molecule has 0 fully saturated rings. The van der Waals surface area contributed by atoms with E-state index < -0.39 is 0 Å². The van der Waals surface area contributed by atoms with Crippen LogP contribution in [-0.2, 0) is 6.54 Å². The van der Waals surface area contributed by atoms with Gasteiger partial charge < -0.3 is 15.5 Å². The van der Waals surface area contributed by atoms with Crippen molar-refractivity contribution in [2.45, 2.75) is 20.4 Å². The summed E-state index contributed by atoms with van der Waals surface area (Å²) in [5.74, 6) is 0. The van der Waals surface area contributed by atoms with Crippen LogP contribution < -0.4 is 11.1 Å². The van der Waals surface area contributed by atoms with Crippen molar-refractivity contribution >= 4 is 34.1 Å². The number of nitrogen functional groups attached to an aromatic ring is 1. The van der Waals surface area contributed by atoms with Gasteiger partial charge in [0.1, 0.15) is 5.52 Å². The average molecular weight is 273 g/mol. The molecule has 0 aliphatic rings. The number of fused-ring (bicyclic) bond motifs is 1. The zero-order valence-electron chi connectivity index (χ0n) is 10.9. The quantitative estimate of drug-likeness (QED) is 0.714. The van der Waals surface area contributed by atoms with Gasteiger partial charge in [-0.05, 0) is 37.6 Å². The van der Waals surface area contributed by atoms with Gasteiger partial charge >= 0.3 is 0 Å². The van der Waals surface area contributed by atoms with Crippen LogP contribution in [0.25, 0.3) is 11.1 Å². The molecule has 0 saturated carbocycles. The number of nitrogens with zero attached hydrogens (tertiary/aromatic N) is 1. The van der Waals surface area contributed by atoms with Crippen LogP contribution in [0.1, 0.15) is 15.3 Å². The Balaban J connectivity index is 1.80. The molecule has 4 nitrogen and oxygen atoms in total. The summed E-state index contributed by atoms with van der Waals surface area (Å²) in [5, 5.41) is 3.20. The topological polar surface area (TPSA) is 64.1 Å². The lowest BCUT2D eigenvalue weighted by atomic mass is 10.3. The summed E-state index contributed by atoms with van der Waals surface area (Å²) >= 11 is 1.79. The van der Waals surface area contributed by atoms with E-state index in [0.717, 1.165) is 0 Å². The van der Waals surface area contributed by atoms with Crippen molar-refractivity contribution in [3.05, 3.63) is 39.6 Å². The van der Waals surface area contributed by atoms with Gasteiger partial charge in [0.2, 0.25) is 0 Å². The molecule has 5 heteroatoms. The lowest BCUT2D eigenvalue weighted by molar-refractivity contribution is 0.615. The Hall–Kier alpha value is -2.01. The number of para-hydroxylation sites is 1. The van der Waals surface area contributed by atoms with Crippen molar-refractivity contribution in [1.82, 2.24) is 4.98 Å². The van der Waals surface area contributed by atoms with Crippen LogP contribution in [0.2, 0.25) is 0 Å². The third-order valence-electron chi connectivity index (χ3n) is 3.08. The molecule has 0 unspecified atom stereocenters. The van der Waals surface area contributed by atoms with Gasteiger partial charge in [0.15, 0.2) is 5.58 Å². The second-order valence-electron chi connectivity index (χ2n) is 4.52. The third kappa shape index (κ3) is 2.29. The maximum atomic E-state index is 5.85. The SMILES string of the molecule is Cc1cc(CNc2nc3c(N)cccc3o2)sc1C. The van der Waals surface area contributed by atoms with Gasteiger partial charge in [-0.3, -0.25) is 0 Å². The number of hydrogen-bond donors (Lipinski definition) is 2. The van der Waals surface area contributed by atoms with E-state index in [1.807, 2.05) is 18.2 Å². The molecule has 0 atom stereocenters. The van der Waals surface area contributed by atoms with Gasteiger partial charge in [-0.15, -0.1) is 11.3 Å². The lowest BCUT2D eigenvalue weighted by Gasteiger charge is -1.97. The zero-order valence-corrected chi connectivity index (χ0v) is 11.7. The highest BCUT2D eigenvalue weighted by Gasteiger charge is 2.08. The molecule has 1 aromatic carbocycles. The number of nitrogens with one attached hydrogen (secondary N) is 1. The van der Waals surface area contributed by atoms with Crippen molar-refractivity contribution in [3.63, 3.8) is 0 Å². The molecular weight excluding hydrogens is 258 g/mol. The average Bonchev–Trinajstić information content (AvgIpc) is 2.92. The van der Waals surface area contributed by atoms with E-state index in [1.54, 1.807) is 11.3 Å². The van der Waals surface area contributed by atoms with E-state index in [0.29, 0.717) is 29.3 Å². The summed E-state index contributed by atoms with van der Waals surface area (Å²) in [4.78, 5) is 6.97. The summed E-state index contributed by atoms with van der Waals surface area (Å²) in [6, 6.07) is 8.24. The van der Waals surface area contributed by atoms with Crippen molar-refractivity contribution in [1.29, 1.82) is 0 Å². The first-order chi connectivity index (χ1) is 9.13. The second-order valence-corrected chi connectivity index (χ2v) is 5.86. The van der Waals surface area contributed by atoms with Gasteiger partial charge in [0.25, 0.3) is 6.01 Å². The molecule has 0 bridgehead atoms. The van der Waals surface area contributed by atoms with Crippen LogP contribution in [-0.4, -0.2) is 4.98 Å². The first kappa shape index (κ1) is 12.0. The number of anilines is 2. The highest BCUT2D eigenvalue weighted by Crippen LogP contribution is 2.25. The van der Waals surface area contributed by atoms with E-state index >= 15 is 0 Å². The normalized spacial score (nSPS) is 11.1. The van der Waals surface area contributed by atoms with Crippen LogP contribution in [0, 0.1) is 13.8 Å². The Morgan fingerprint density at radius 1 is 1.37 bits per heavy atom. The lowest BCUT2D eigenvalue weighted by Crippen LogP contribution is -1.97. The Morgan fingerprint density at radius 2 is 2.21 bits per heavy atom. The molecule has 3 rings (SSSR count). The fourth-order valence-corrected chi connectivity index (χ4v) is 2.94. The highest BCUT2D eigenvalue weighted by molar-refractivity contribution is 7.12. The van der Waals surface area contributed by atoms with E-state index in [9.17, 15) is 0 Å². The van der Waals surface area contributed by atoms with Crippen LogP contribution >= 0.6 is 11.3 Å². The standard InChI is InChI=1S/C14H15N3OS/c1-8-6-10(19-9(8)2)7-16-14-17-13-11(15)4-3-5-12(13)18-14/h3-6H,7,15H2,1-2H3,(H,16,17). The van der Waals surface area contributed by atoms with E-state index in [4.69, 9.17) is 10.2 Å². The molecule has 0 spiro atoms. The molecular formula is C14H15N3OS. The maximum absolute atomic E-state index is 5.85. The molecule has 0 amide bonds. The smallest absolute Gasteiger partial charge is 0.296 e. The third-order valence-corrected chi connectivity index (χ3v) is 4.23. The molecule has 3 aromatic rings. The monoisotopic (exact) mass is 273 g/mol. The van der Waals surface area contributed by atoms with Crippen molar-refractivity contribution in [2.24, 2.45) is 0 Å². The number of aromatic nitrogens is 1. The number of hydrogen-bond acceptors (Lipinski definition) is 5. The second kappa shape index (κ2) is 4.59. The summed E-state index contributed by atoms with van der Waals surface area (Å²) in [7, 11) is 0. The minimum Gasteiger partial charge on any atom is -0.423 e. The van der Waals surface area contributed by atoms with E-state index in [2.05, 4.69) is 30.2 Å². The largest absolute Gasteiger partial charge is 0.423 e. The van der Waals surface area contributed by atoms with Crippen LogP contribution in [0.3, 0.4) is 0 Å². The number of aryl methyl sites for hydroxylation is 2. The molecule has 2 heterocycles. The van der Waals surface area contributed by atoms with Gasteiger partial charge in [-0.2, -0.15) is 4.98 Å². The molecule has 0 aliphatic heterocycles. The Kier molecular flexibility index (Phi) is 2.91. The number of thiophene rings is 1. The Morgan fingerprint density at radius 3 is 2.89 bits per heavy atom. The van der Waals surface area contributed by atoms with Crippen molar-refractivity contribution < 1.29 is 4.42 Å². The minimum absolute atomic E-state index is 0.511. The van der Waals surface area contributed by atoms with E-state index in [1.165, 1.54) is 15.3 Å². The van der Waals surface area contributed by atoms with Gasteiger partial charge in [0.05, 0.1) is 12.2 Å². The van der Waals surface area contributed by atoms with Crippen molar-refractivity contribution in [2.75, 3.05) is 11.1 Å². The summed E-state index contributed by atoms with van der Waals surface area (Å²) in [6.45, 7) is 4.96. The molecule has 0 saturated heterocycles. The predicted octanol–water partition coefficient (Wildman–Crippen LogP) is 3.70. The first-order valence-corrected chi connectivity index (χ1v) is 6.90. The van der Waals surface area contributed by atoms with Gasteiger partial charge in [0, 0.05) is 9.75 Å². The Bertz CT molecular complexity index is 710. The number of rotatable bonds is 3. The van der Waals surface area contributed by atoms with Gasteiger partial charge in [-0.25, -0.2) is 0 Å². The highest BCUT2D eigenvalue weighted by atomic mass is 32.1. The Labute approximate surface area is 115 Å². The molecule has 98 valence electrons. The molecule has 0 radical (unpaired) electrons. The summed E-state index contributed by atoms with van der Waals surface area (Å²) < 4.78 is 5.61. The zero-order chi connectivity index (χ0) is 13.4.